The fourth-order valence-corrected chi connectivity index (χ4v) is 2.43. The van der Waals surface area contributed by atoms with Crippen LogP contribution in [-0.4, -0.2) is 12.9 Å². The Labute approximate surface area is 123 Å². The summed E-state index contributed by atoms with van der Waals surface area (Å²) < 4.78 is 5.25. The number of ether oxygens (including phenoxy) is 1. The first-order valence-electron chi connectivity index (χ1n) is 6.66. The number of nitrogen functional groups attached to an aromatic ring is 1. The van der Waals surface area contributed by atoms with Crippen molar-refractivity contribution in [3.8, 4) is 5.75 Å². The van der Waals surface area contributed by atoms with E-state index in [0.717, 1.165) is 10.8 Å². The average molecular weight is 277 g/mol. The number of anilines is 1. The number of hydrogen-bond acceptors (Lipinski definition) is 3. The van der Waals surface area contributed by atoms with Gasteiger partial charge in [-0.2, -0.15) is 0 Å². The normalized spacial score (nSPS) is 10.5. The van der Waals surface area contributed by atoms with Crippen LogP contribution < -0.4 is 10.5 Å². The summed E-state index contributed by atoms with van der Waals surface area (Å²) in [6.45, 7) is 0. The number of rotatable bonds is 3. The number of fused-ring (bicyclic) bond motifs is 1. The molecule has 21 heavy (non-hydrogen) atoms. The fraction of sp³-hybridized carbons (Fsp3) is 0.0556. The minimum Gasteiger partial charge on any atom is -0.496 e. The van der Waals surface area contributed by atoms with E-state index in [-0.39, 0.29) is 5.78 Å². The molecular weight excluding hydrogens is 262 g/mol. The molecule has 3 heteroatoms. The highest BCUT2D eigenvalue weighted by molar-refractivity contribution is 6.15. The molecule has 0 spiro atoms. The van der Waals surface area contributed by atoms with Gasteiger partial charge >= 0.3 is 0 Å². The molecule has 0 aromatic heterocycles. The summed E-state index contributed by atoms with van der Waals surface area (Å²) in [7, 11) is 1.55. The molecule has 3 aromatic carbocycles. The first kappa shape index (κ1) is 13.2. The molecule has 0 atom stereocenters. The van der Waals surface area contributed by atoms with Crippen molar-refractivity contribution in [2.45, 2.75) is 0 Å². The zero-order chi connectivity index (χ0) is 14.8. The highest BCUT2D eigenvalue weighted by atomic mass is 16.5. The maximum Gasteiger partial charge on any atom is 0.198 e. The second-order valence-electron chi connectivity index (χ2n) is 4.82. The molecule has 0 aliphatic heterocycles. The number of hydrogen-bond donors (Lipinski definition) is 1. The third-order valence-electron chi connectivity index (χ3n) is 3.51. The second kappa shape index (κ2) is 5.29. The van der Waals surface area contributed by atoms with E-state index in [1.165, 1.54) is 0 Å². The van der Waals surface area contributed by atoms with Crippen LogP contribution in [0.25, 0.3) is 10.8 Å². The standard InChI is InChI=1S/C18H15NO2/c1-21-17-9-5-4-8-14(17)18(20)15-10-12-6-2-3-7-13(12)11-16(15)19/h2-11H,19H2,1H3. The van der Waals surface area contributed by atoms with Gasteiger partial charge in [0.05, 0.1) is 12.7 Å². The molecule has 0 unspecified atom stereocenters. The Balaban J connectivity index is 2.15. The van der Waals surface area contributed by atoms with E-state index >= 15 is 0 Å². The van der Waals surface area contributed by atoms with Gasteiger partial charge in [0.15, 0.2) is 5.78 Å². The van der Waals surface area contributed by atoms with Gasteiger partial charge in [0.1, 0.15) is 5.75 Å². The van der Waals surface area contributed by atoms with Crippen molar-refractivity contribution >= 4 is 22.2 Å². The van der Waals surface area contributed by atoms with Gasteiger partial charge in [-0.05, 0) is 35.0 Å². The van der Waals surface area contributed by atoms with Gasteiger partial charge in [-0.15, -0.1) is 0 Å². The lowest BCUT2D eigenvalue weighted by Crippen LogP contribution is -2.07. The van der Waals surface area contributed by atoms with Crippen LogP contribution in [0, 0.1) is 0 Å². The van der Waals surface area contributed by atoms with E-state index in [9.17, 15) is 4.79 Å². The van der Waals surface area contributed by atoms with Crippen molar-refractivity contribution in [1.29, 1.82) is 0 Å². The zero-order valence-corrected chi connectivity index (χ0v) is 11.7. The monoisotopic (exact) mass is 277 g/mol. The summed E-state index contributed by atoms with van der Waals surface area (Å²) in [5, 5.41) is 2.01. The van der Waals surface area contributed by atoms with Crippen LogP contribution in [0.1, 0.15) is 15.9 Å². The van der Waals surface area contributed by atoms with Crippen molar-refractivity contribution in [2.24, 2.45) is 0 Å². The zero-order valence-electron chi connectivity index (χ0n) is 11.7. The molecule has 0 saturated heterocycles. The number of carbonyl (C=O) groups excluding carboxylic acids is 1. The number of carbonyl (C=O) groups is 1. The van der Waals surface area contributed by atoms with Gasteiger partial charge in [-0.3, -0.25) is 4.79 Å². The summed E-state index contributed by atoms with van der Waals surface area (Å²) in [4.78, 5) is 12.7. The van der Waals surface area contributed by atoms with Crippen molar-refractivity contribution in [3.05, 3.63) is 71.8 Å². The minimum absolute atomic E-state index is 0.129. The fourth-order valence-electron chi connectivity index (χ4n) is 2.43. The quantitative estimate of drug-likeness (QED) is 0.587. The predicted molar refractivity (Wildman–Crippen MR) is 84.8 cm³/mol. The van der Waals surface area contributed by atoms with E-state index in [2.05, 4.69) is 0 Å². The molecule has 2 N–H and O–H groups in total. The number of methoxy groups -OCH3 is 1. The van der Waals surface area contributed by atoms with Gasteiger partial charge in [-0.1, -0.05) is 36.4 Å². The second-order valence-corrected chi connectivity index (χ2v) is 4.82. The number of nitrogens with two attached hydrogens (primary N) is 1. The van der Waals surface area contributed by atoms with Crippen LogP contribution in [0.15, 0.2) is 60.7 Å². The predicted octanol–water partition coefficient (Wildman–Crippen LogP) is 3.66. The van der Waals surface area contributed by atoms with Crippen LogP contribution in [0.4, 0.5) is 5.69 Å². The molecule has 0 radical (unpaired) electrons. The van der Waals surface area contributed by atoms with E-state index in [1.54, 1.807) is 19.2 Å². The van der Waals surface area contributed by atoms with E-state index in [1.807, 2.05) is 48.5 Å². The van der Waals surface area contributed by atoms with Gasteiger partial charge in [0, 0.05) is 11.3 Å². The molecule has 0 bridgehead atoms. The Hall–Kier alpha value is -2.81. The Morgan fingerprint density at radius 1 is 0.905 bits per heavy atom. The highest BCUT2D eigenvalue weighted by Gasteiger charge is 2.17. The van der Waals surface area contributed by atoms with Gasteiger partial charge in [0.2, 0.25) is 0 Å². The van der Waals surface area contributed by atoms with Crippen molar-refractivity contribution in [2.75, 3.05) is 12.8 Å². The Morgan fingerprint density at radius 2 is 1.52 bits per heavy atom. The largest absolute Gasteiger partial charge is 0.496 e. The van der Waals surface area contributed by atoms with Crippen LogP contribution in [0.5, 0.6) is 5.75 Å². The molecular formula is C18H15NO2. The number of benzene rings is 3. The summed E-state index contributed by atoms with van der Waals surface area (Å²) in [5.41, 5.74) is 7.55. The SMILES string of the molecule is COc1ccccc1C(=O)c1cc2ccccc2cc1N. The smallest absolute Gasteiger partial charge is 0.198 e. The average Bonchev–Trinajstić information content (AvgIpc) is 2.53. The summed E-state index contributed by atoms with van der Waals surface area (Å²) >= 11 is 0. The lowest BCUT2D eigenvalue weighted by molar-refractivity contribution is 0.103. The van der Waals surface area contributed by atoms with Gasteiger partial charge < -0.3 is 10.5 Å². The van der Waals surface area contributed by atoms with Gasteiger partial charge in [-0.25, -0.2) is 0 Å². The van der Waals surface area contributed by atoms with Crippen LogP contribution in [0.2, 0.25) is 0 Å². The summed E-state index contributed by atoms with van der Waals surface area (Å²) in [6.07, 6.45) is 0. The number of para-hydroxylation sites is 1. The van der Waals surface area contributed by atoms with E-state index in [0.29, 0.717) is 22.6 Å². The molecule has 0 fully saturated rings. The summed E-state index contributed by atoms with van der Waals surface area (Å²) in [5.74, 6) is 0.422. The first-order valence-corrected chi connectivity index (χ1v) is 6.66. The Bertz CT molecular complexity index is 824. The Morgan fingerprint density at radius 3 is 2.24 bits per heavy atom. The topological polar surface area (TPSA) is 52.3 Å². The maximum absolute atomic E-state index is 12.7. The lowest BCUT2D eigenvalue weighted by Gasteiger charge is -2.10. The van der Waals surface area contributed by atoms with Crippen LogP contribution in [-0.2, 0) is 0 Å². The molecule has 0 amide bonds. The lowest BCUT2D eigenvalue weighted by atomic mass is 9.97. The number of ketones is 1. The van der Waals surface area contributed by atoms with Crippen LogP contribution in [0.3, 0.4) is 0 Å². The van der Waals surface area contributed by atoms with Gasteiger partial charge in [0.25, 0.3) is 0 Å². The molecule has 3 nitrogen and oxygen atoms in total. The molecule has 0 aliphatic carbocycles. The first-order chi connectivity index (χ1) is 10.2. The molecule has 0 saturated carbocycles. The molecule has 3 aromatic rings. The van der Waals surface area contributed by atoms with Crippen LogP contribution >= 0.6 is 0 Å². The van der Waals surface area contributed by atoms with E-state index < -0.39 is 0 Å². The molecule has 3 rings (SSSR count). The van der Waals surface area contributed by atoms with Crippen molar-refractivity contribution < 1.29 is 9.53 Å². The van der Waals surface area contributed by atoms with E-state index in [4.69, 9.17) is 10.5 Å². The molecule has 104 valence electrons. The summed E-state index contributed by atoms with van der Waals surface area (Å²) in [6, 6.07) is 18.7. The minimum atomic E-state index is -0.129. The highest BCUT2D eigenvalue weighted by Crippen LogP contribution is 2.27. The third-order valence-corrected chi connectivity index (χ3v) is 3.51. The Kier molecular flexibility index (Phi) is 3.32. The molecule has 0 heterocycles. The van der Waals surface area contributed by atoms with Crippen molar-refractivity contribution in [3.63, 3.8) is 0 Å². The van der Waals surface area contributed by atoms with Crippen molar-refractivity contribution in [1.82, 2.24) is 0 Å². The maximum atomic E-state index is 12.7. The molecule has 0 aliphatic rings. The third kappa shape index (κ3) is 2.34.